The zero-order chi connectivity index (χ0) is 38.5. The Kier molecular flexibility index (Phi) is 11.2. The van der Waals surface area contributed by atoms with E-state index in [1.807, 2.05) is 12.1 Å². The van der Waals surface area contributed by atoms with Crippen molar-refractivity contribution < 1.29 is 27.5 Å². The summed E-state index contributed by atoms with van der Waals surface area (Å²) in [6, 6.07) is 47.7. The second-order valence-electron chi connectivity index (χ2n) is 17.3. The second kappa shape index (κ2) is 15.5. The van der Waals surface area contributed by atoms with Crippen LogP contribution in [0, 0.1) is 12.1 Å². The summed E-state index contributed by atoms with van der Waals surface area (Å²) in [4.78, 5) is 5.58. The Bertz CT molecular complexity index is 2450. The van der Waals surface area contributed by atoms with Crippen LogP contribution in [0.2, 0.25) is 0 Å². The summed E-state index contributed by atoms with van der Waals surface area (Å²) < 4.78 is 2.33. The first-order chi connectivity index (χ1) is 25.6. The van der Waals surface area contributed by atoms with E-state index in [1.54, 1.807) is 0 Å². The molecule has 0 saturated carbocycles. The summed E-state index contributed by atoms with van der Waals surface area (Å²) in [5.74, 6) is 1.55. The molecule has 0 saturated heterocycles. The van der Waals surface area contributed by atoms with Gasteiger partial charge in [0, 0.05) is 27.9 Å². The Morgan fingerprint density at radius 2 is 1.25 bits per heavy atom. The van der Waals surface area contributed by atoms with Gasteiger partial charge in [0.05, 0.1) is 22.3 Å². The average Bonchev–Trinajstić information content (AvgIpc) is 3.53. The summed E-state index contributed by atoms with van der Waals surface area (Å²) in [5.41, 5.74) is 14.1. The van der Waals surface area contributed by atoms with E-state index in [4.69, 9.17) is 4.98 Å². The Morgan fingerprint density at radius 3 is 1.89 bits per heavy atom. The van der Waals surface area contributed by atoms with Crippen molar-refractivity contribution in [2.24, 2.45) is 0 Å². The van der Waals surface area contributed by atoms with Gasteiger partial charge >= 0.3 is 0 Å². The Hall–Kier alpha value is -4.67. The smallest absolute Gasteiger partial charge is 0.148 e. The third kappa shape index (κ3) is 7.76. The van der Waals surface area contributed by atoms with Gasteiger partial charge in [-0.3, -0.25) is 4.57 Å². The van der Waals surface area contributed by atoms with E-state index >= 15 is 0 Å². The maximum absolute atomic E-state index is 12.3. The van der Waals surface area contributed by atoms with Crippen molar-refractivity contribution in [1.29, 1.82) is 0 Å². The fourth-order valence-electron chi connectivity index (χ4n) is 7.52. The molecule has 1 N–H and O–H groups in total. The third-order valence-corrected chi connectivity index (χ3v) is 10.6. The molecule has 3 nitrogen and oxygen atoms in total. The van der Waals surface area contributed by atoms with Crippen LogP contribution in [0.4, 0.5) is 0 Å². The fourth-order valence-corrected chi connectivity index (χ4v) is 7.52. The van der Waals surface area contributed by atoms with E-state index in [0.717, 1.165) is 67.1 Å². The molecule has 0 aliphatic carbocycles. The van der Waals surface area contributed by atoms with Crippen molar-refractivity contribution in [3.05, 3.63) is 150 Å². The summed E-state index contributed by atoms with van der Waals surface area (Å²) >= 11 is 0. The molecule has 0 unspecified atom stereocenters. The third-order valence-electron chi connectivity index (χ3n) is 10.6. The molecular formula is C51H52AuN2O-2. The number of rotatable bonds is 7. The number of fused-ring (bicyclic) bond motifs is 1. The number of aromatic hydroxyl groups is 1. The zero-order valence-corrected chi connectivity index (χ0v) is 35.9. The standard InChI is InChI=1S/C51H52N2O.Au/c1-32(2)40-24-16-25-41(33(3)4)47(40)53-45-27-17-26-42(38-23-15-22-37(29-38)36-21-14-20-35(28-36)34-18-12-11-13-19-34)46(45)52-49(53)43-30-39(50(5,6)7)31-44(48(43)54)51(8,9)10;/h11-20,22-28,30-33,54H,1-10H3;/q-2;. The maximum Gasteiger partial charge on any atom is 0.148 e. The summed E-state index contributed by atoms with van der Waals surface area (Å²) in [5, 5.41) is 12.3. The molecule has 0 atom stereocenters. The molecule has 55 heavy (non-hydrogen) atoms. The molecule has 7 aromatic rings. The van der Waals surface area contributed by atoms with Crippen LogP contribution in [0.5, 0.6) is 5.75 Å². The molecule has 1 heterocycles. The zero-order valence-electron chi connectivity index (χ0n) is 33.8. The molecule has 0 spiro atoms. The van der Waals surface area contributed by atoms with E-state index in [1.165, 1.54) is 16.7 Å². The first kappa shape index (κ1) is 40.0. The first-order valence-electron chi connectivity index (χ1n) is 19.3. The molecule has 0 bridgehead atoms. The SMILES string of the molecule is CC(C)c1cccc(C(C)C)c1-n1c(-c2cc(C(C)(C)C)cc(C(C)(C)C)c2O)nc2c(-c3[c-]c(-c4[c-]ccc(-c5ccccc5)c4)ccc3)cccc21.[Au]. The van der Waals surface area contributed by atoms with Crippen molar-refractivity contribution in [3.8, 4) is 56.2 Å². The van der Waals surface area contributed by atoms with Gasteiger partial charge in [-0.15, -0.1) is 29.3 Å². The molecule has 285 valence electrons. The number of para-hydroxylation sites is 2. The summed E-state index contributed by atoms with van der Waals surface area (Å²) in [7, 11) is 0. The van der Waals surface area contributed by atoms with E-state index in [-0.39, 0.29) is 50.8 Å². The number of hydrogen-bond donors (Lipinski definition) is 1. The van der Waals surface area contributed by atoms with Crippen LogP contribution in [-0.4, -0.2) is 14.7 Å². The van der Waals surface area contributed by atoms with Crippen LogP contribution in [0.1, 0.15) is 103 Å². The molecular weight excluding hydrogens is 854 g/mol. The van der Waals surface area contributed by atoms with E-state index < -0.39 is 0 Å². The quantitative estimate of drug-likeness (QED) is 0.128. The molecule has 6 aromatic carbocycles. The van der Waals surface area contributed by atoms with Crippen LogP contribution in [0.25, 0.3) is 61.5 Å². The van der Waals surface area contributed by atoms with Gasteiger partial charge in [0.25, 0.3) is 0 Å². The maximum atomic E-state index is 12.3. The molecule has 0 amide bonds. The topological polar surface area (TPSA) is 38.0 Å². The minimum atomic E-state index is -0.286. The molecule has 0 aliphatic heterocycles. The van der Waals surface area contributed by atoms with Crippen molar-refractivity contribution >= 4 is 11.0 Å². The normalized spacial score (nSPS) is 12.1. The van der Waals surface area contributed by atoms with Gasteiger partial charge in [0.1, 0.15) is 11.6 Å². The van der Waals surface area contributed by atoms with E-state index in [9.17, 15) is 5.11 Å². The van der Waals surface area contributed by atoms with Gasteiger partial charge in [-0.2, -0.15) is 35.9 Å². The molecule has 0 fully saturated rings. The number of phenols is 1. The Morgan fingerprint density at radius 1 is 0.618 bits per heavy atom. The second-order valence-corrected chi connectivity index (χ2v) is 17.3. The minimum absolute atomic E-state index is 0. The van der Waals surface area contributed by atoms with Crippen LogP contribution in [-0.2, 0) is 33.2 Å². The predicted molar refractivity (Wildman–Crippen MR) is 228 cm³/mol. The number of benzene rings is 6. The van der Waals surface area contributed by atoms with E-state index in [2.05, 4.69) is 189 Å². The predicted octanol–water partition coefficient (Wildman–Crippen LogP) is 13.8. The van der Waals surface area contributed by atoms with Gasteiger partial charge in [-0.1, -0.05) is 142 Å². The van der Waals surface area contributed by atoms with Crippen molar-refractivity contribution in [2.45, 2.75) is 91.9 Å². The summed E-state index contributed by atoms with van der Waals surface area (Å²) in [6.07, 6.45) is 0. The molecule has 4 heteroatoms. The average molecular weight is 906 g/mol. The monoisotopic (exact) mass is 905 g/mol. The fraction of sp³-hybridized carbons (Fsp3) is 0.275. The van der Waals surface area contributed by atoms with Crippen molar-refractivity contribution in [1.82, 2.24) is 9.55 Å². The number of imidazole rings is 1. The number of phenolic OH excluding ortho intramolecular Hbond substituents is 1. The number of hydrogen-bond acceptors (Lipinski definition) is 2. The van der Waals surface area contributed by atoms with Gasteiger partial charge in [0.2, 0.25) is 0 Å². The molecule has 7 rings (SSSR count). The van der Waals surface area contributed by atoms with Crippen molar-refractivity contribution in [2.75, 3.05) is 0 Å². The molecule has 1 aromatic heterocycles. The number of nitrogens with zero attached hydrogens (tertiary/aromatic N) is 2. The summed E-state index contributed by atoms with van der Waals surface area (Å²) in [6.45, 7) is 22.2. The van der Waals surface area contributed by atoms with Gasteiger partial charge in [-0.05, 0) is 57.1 Å². The van der Waals surface area contributed by atoms with Crippen LogP contribution < -0.4 is 0 Å². The first-order valence-corrected chi connectivity index (χ1v) is 19.3. The molecule has 0 aliphatic rings. The minimum Gasteiger partial charge on any atom is -0.507 e. The van der Waals surface area contributed by atoms with Crippen LogP contribution in [0.3, 0.4) is 0 Å². The van der Waals surface area contributed by atoms with Gasteiger partial charge in [-0.25, -0.2) is 10.5 Å². The van der Waals surface area contributed by atoms with Crippen LogP contribution >= 0.6 is 0 Å². The molecule has 1 radical (unpaired) electrons. The largest absolute Gasteiger partial charge is 0.507 e. The Balaban J connectivity index is 0.00000514. The van der Waals surface area contributed by atoms with Gasteiger partial charge < -0.3 is 5.11 Å². The number of aromatic nitrogens is 2. The van der Waals surface area contributed by atoms with Gasteiger partial charge in [0.15, 0.2) is 0 Å². The van der Waals surface area contributed by atoms with Crippen LogP contribution in [0.15, 0.2) is 115 Å². The Labute approximate surface area is 344 Å². The van der Waals surface area contributed by atoms with E-state index in [0.29, 0.717) is 0 Å². The van der Waals surface area contributed by atoms with Crippen molar-refractivity contribution in [3.63, 3.8) is 0 Å².